The van der Waals surface area contributed by atoms with E-state index in [-0.39, 0.29) is 11.9 Å². The van der Waals surface area contributed by atoms with Crippen LogP contribution in [0.2, 0.25) is 0 Å². The number of amides is 1. The van der Waals surface area contributed by atoms with Crippen LogP contribution >= 0.6 is 0 Å². The zero-order valence-electron chi connectivity index (χ0n) is 22.3. The van der Waals surface area contributed by atoms with Crippen molar-refractivity contribution in [3.05, 3.63) is 89.7 Å². The lowest BCUT2D eigenvalue weighted by Crippen LogP contribution is -2.51. The van der Waals surface area contributed by atoms with Crippen LogP contribution in [0, 0.1) is 0 Å². The standard InChI is InChI=1S/C31H35F3N4O2/c32-31(33,34)21-36-29(40)30(26-11-3-1-9-24(26)25-10-2-4-12-27(25)30)15-5-6-17-38-18-13-23(14-19-38)37-28(39)22-8-7-16-35-20-22/h1-4,7-12,16,20,23,29,36,40H,5-6,13-15,17-19,21H2,(H,37,39). The Balaban J connectivity index is 1.21. The highest BCUT2D eigenvalue weighted by Gasteiger charge is 2.48. The van der Waals surface area contributed by atoms with Crippen molar-refractivity contribution in [2.45, 2.75) is 56.0 Å². The van der Waals surface area contributed by atoms with Gasteiger partial charge in [-0.3, -0.25) is 15.1 Å². The number of nitrogens with zero attached hydrogens (tertiary/aromatic N) is 2. The largest absolute Gasteiger partial charge is 0.401 e. The molecule has 1 aliphatic heterocycles. The second kappa shape index (κ2) is 12.1. The highest BCUT2D eigenvalue weighted by molar-refractivity contribution is 5.94. The van der Waals surface area contributed by atoms with Crippen molar-refractivity contribution >= 4 is 5.91 Å². The van der Waals surface area contributed by atoms with Gasteiger partial charge in [-0.2, -0.15) is 13.2 Å². The first-order valence-electron chi connectivity index (χ1n) is 13.9. The first-order valence-corrected chi connectivity index (χ1v) is 13.9. The number of carbonyl (C=O) groups excluding carboxylic acids is 1. The van der Waals surface area contributed by atoms with Crippen LogP contribution in [-0.4, -0.2) is 65.5 Å². The number of benzene rings is 2. The molecule has 2 heterocycles. The van der Waals surface area contributed by atoms with Gasteiger partial charge >= 0.3 is 6.18 Å². The molecule has 3 N–H and O–H groups in total. The van der Waals surface area contributed by atoms with E-state index in [0.717, 1.165) is 67.6 Å². The molecule has 40 heavy (non-hydrogen) atoms. The molecule has 5 rings (SSSR count). The second-order valence-electron chi connectivity index (χ2n) is 10.7. The van der Waals surface area contributed by atoms with Crippen LogP contribution in [0.5, 0.6) is 0 Å². The quantitative estimate of drug-likeness (QED) is 0.247. The van der Waals surface area contributed by atoms with Crippen LogP contribution in [0.1, 0.15) is 53.6 Å². The van der Waals surface area contributed by atoms with Gasteiger partial charge in [0.2, 0.25) is 0 Å². The highest BCUT2D eigenvalue weighted by Crippen LogP contribution is 2.52. The molecule has 1 aliphatic carbocycles. The Bertz CT molecular complexity index is 1250. The van der Waals surface area contributed by atoms with Gasteiger partial charge in [0.25, 0.3) is 5.91 Å². The lowest BCUT2D eigenvalue weighted by atomic mass is 9.72. The number of fused-ring (bicyclic) bond motifs is 3. The topological polar surface area (TPSA) is 77.5 Å². The molecule has 0 saturated carbocycles. The third-order valence-electron chi connectivity index (χ3n) is 8.21. The van der Waals surface area contributed by atoms with Crippen molar-refractivity contribution in [2.75, 3.05) is 26.2 Å². The lowest BCUT2D eigenvalue weighted by Gasteiger charge is -2.38. The summed E-state index contributed by atoms with van der Waals surface area (Å²) in [4.78, 5) is 18.8. The fourth-order valence-electron chi connectivity index (χ4n) is 6.25. The van der Waals surface area contributed by atoms with Crippen molar-refractivity contribution in [2.24, 2.45) is 0 Å². The monoisotopic (exact) mass is 552 g/mol. The van der Waals surface area contributed by atoms with Crippen molar-refractivity contribution in [1.82, 2.24) is 20.5 Å². The van der Waals surface area contributed by atoms with E-state index in [1.54, 1.807) is 24.5 Å². The number of hydrogen-bond donors (Lipinski definition) is 3. The third kappa shape index (κ3) is 6.06. The van der Waals surface area contributed by atoms with Gasteiger partial charge in [-0.05, 0) is 66.6 Å². The van der Waals surface area contributed by atoms with Gasteiger partial charge in [-0.25, -0.2) is 0 Å². The number of unbranched alkanes of at least 4 members (excludes halogenated alkanes) is 1. The zero-order chi connectivity index (χ0) is 28.2. The van der Waals surface area contributed by atoms with E-state index in [4.69, 9.17) is 0 Å². The maximum atomic E-state index is 13.1. The summed E-state index contributed by atoms with van der Waals surface area (Å²) < 4.78 is 39.3. The summed E-state index contributed by atoms with van der Waals surface area (Å²) in [5.41, 5.74) is 3.23. The lowest BCUT2D eigenvalue weighted by molar-refractivity contribution is -0.133. The average Bonchev–Trinajstić information content (AvgIpc) is 3.26. The molecule has 0 bridgehead atoms. The summed E-state index contributed by atoms with van der Waals surface area (Å²) in [5, 5.41) is 16.8. The number of likely N-dealkylation sites (tertiary alicyclic amines) is 1. The molecule has 6 nitrogen and oxygen atoms in total. The first kappa shape index (κ1) is 28.3. The van der Waals surface area contributed by atoms with E-state index in [2.05, 4.69) is 20.5 Å². The van der Waals surface area contributed by atoms with Crippen LogP contribution in [0.15, 0.2) is 73.1 Å². The number of alkyl halides is 3. The number of halogens is 3. The number of piperidine rings is 1. The molecule has 212 valence electrons. The van der Waals surface area contributed by atoms with E-state index in [9.17, 15) is 23.1 Å². The molecule has 1 fully saturated rings. The molecule has 2 aliphatic rings. The van der Waals surface area contributed by atoms with Gasteiger partial charge in [0, 0.05) is 31.5 Å². The Morgan fingerprint density at radius 2 is 1.65 bits per heavy atom. The Hall–Kier alpha value is -3.27. The van der Waals surface area contributed by atoms with Gasteiger partial charge in [0.1, 0.15) is 6.23 Å². The summed E-state index contributed by atoms with van der Waals surface area (Å²) in [6, 6.07) is 19.0. The molecule has 1 unspecified atom stereocenters. The minimum Gasteiger partial charge on any atom is -0.377 e. The molecule has 0 radical (unpaired) electrons. The molecule has 1 saturated heterocycles. The van der Waals surface area contributed by atoms with E-state index < -0.39 is 24.4 Å². The number of aliphatic hydroxyl groups excluding tert-OH is 1. The van der Waals surface area contributed by atoms with E-state index in [0.29, 0.717) is 12.0 Å². The SMILES string of the molecule is O=C(NC1CCN(CCCCC2(C(O)NCC(F)(F)F)c3ccccc3-c3ccccc32)CC1)c1cccnc1. The van der Waals surface area contributed by atoms with E-state index in [1.165, 1.54) is 0 Å². The summed E-state index contributed by atoms with van der Waals surface area (Å²) in [7, 11) is 0. The number of nitrogens with one attached hydrogen (secondary N) is 2. The van der Waals surface area contributed by atoms with Crippen LogP contribution in [0.4, 0.5) is 13.2 Å². The van der Waals surface area contributed by atoms with Crippen LogP contribution in [-0.2, 0) is 5.41 Å². The van der Waals surface area contributed by atoms with Crippen LogP contribution in [0.3, 0.4) is 0 Å². The van der Waals surface area contributed by atoms with Gasteiger partial charge < -0.3 is 15.3 Å². The van der Waals surface area contributed by atoms with E-state index in [1.807, 2.05) is 48.5 Å². The van der Waals surface area contributed by atoms with Gasteiger partial charge in [-0.1, -0.05) is 55.0 Å². The number of carbonyl (C=O) groups is 1. The van der Waals surface area contributed by atoms with Gasteiger partial charge in [0.05, 0.1) is 17.5 Å². The summed E-state index contributed by atoms with van der Waals surface area (Å²) in [5.74, 6) is -0.105. The maximum Gasteiger partial charge on any atom is 0.401 e. The molecule has 9 heteroatoms. The van der Waals surface area contributed by atoms with Gasteiger partial charge in [0.15, 0.2) is 0 Å². The molecule has 3 aromatic rings. The molecular weight excluding hydrogens is 517 g/mol. The third-order valence-corrected chi connectivity index (χ3v) is 8.21. The van der Waals surface area contributed by atoms with Crippen molar-refractivity contribution in [3.63, 3.8) is 0 Å². The Kier molecular flexibility index (Phi) is 8.54. The summed E-state index contributed by atoms with van der Waals surface area (Å²) in [6.07, 6.45) is 1.21. The molecule has 2 aromatic carbocycles. The number of pyridine rings is 1. The Morgan fingerprint density at radius 3 is 2.25 bits per heavy atom. The molecule has 1 amide bonds. The summed E-state index contributed by atoms with van der Waals surface area (Å²) >= 11 is 0. The average molecular weight is 553 g/mol. The maximum absolute atomic E-state index is 13.1. The molecular formula is C31H35F3N4O2. The minimum absolute atomic E-state index is 0.105. The smallest absolute Gasteiger partial charge is 0.377 e. The Labute approximate surface area is 232 Å². The van der Waals surface area contributed by atoms with Gasteiger partial charge in [-0.15, -0.1) is 0 Å². The van der Waals surface area contributed by atoms with Crippen molar-refractivity contribution in [1.29, 1.82) is 0 Å². The van der Waals surface area contributed by atoms with E-state index >= 15 is 0 Å². The predicted molar refractivity (Wildman–Crippen MR) is 148 cm³/mol. The molecule has 1 aromatic heterocycles. The fraction of sp³-hybridized carbons (Fsp3) is 0.419. The summed E-state index contributed by atoms with van der Waals surface area (Å²) in [6.45, 7) is 1.33. The van der Waals surface area contributed by atoms with Crippen molar-refractivity contribution in [3.8, 4) is 11.1 Å². The predicted octanol–water partition coefficient (Wildman–Crippen LogP) is 4.88. The van der Waals surface area contributed by atoms with Crippen LogP contribution < -0.4 is 10.6 Å². The number of rotatable bonds is 10. The first-order chi connectivity index (χ1) is 19.3. The number of aliphatic hydroxyl groups is 1. The second-order valence-corrected chi connectivity index (χ2v) is 10.7. The molecule has 1 atom stereocenters. The van der Waals surface area contributed by atoms with Crippen molar-refractivity contribution < 1.29 is 23.1 Å². The Morgan fingerprint density at radius 1 is 1.00 bits per heavy atom. The molecule has 0 spiro atoms. The number of hydrogen-bond acceptors (Lipinski definition) is 5. The minimum atomic E-state index is -4.43. The zero-order valence-corrected chi connectivity index (χ0v) is 22.3. The number of aromatic nitrogens is 1. The normalized spacial score (nSPS) is 17.7. The van der Waals surface area contributed by atoms with Crippen LogP contribution in [0.25, 0.3) is 11.1 Å². The highest BCUT2D eigenvalue weighted by atomic mass is 19.4. The fourth-order valence-corrected chi connectivity index (χ4v) is 6.25.